The Kier molecular flexibility index (Phi) is 5.16. The van der Waals surface area contributed by atoms with Crippen LogP contribution in [0.4, 0.5) is 24.7 Å². The van der Waals surface area contributed by atoms with Gasteiger partial charge in [0.1, 0.15) is 12.0 Å². The summed E-state index contributed by atoms with van der Waals surface area (Å²) in [5.74, 6) is -3.18. The van der Waals surface area contributed by atoms with E-state index in [0.29, 0.717) is 5.82 Å². The predicted octanol–water partition coefficient (Wildman–Crippen LogP) is 1.23. The van der Waals surface area contributed by atoms with Crippen molar-refractivity contribution in [2.45, 2.75) is 6.18 Å². The first-order chi connectivity index (χ1) is 11.1. The molecule has 0 saturated carbocycles. The molecule has 1 aromatic rings. The average molecular weight is 347 g/mol. The normalized spacial score (nSPS) is 21.6. The monoisotopic (exact) mass is 347 g/mol. The molecule has 0 aliphatic carbocycles. The van der Waals surface area contributed by atoms with Gasteiger partial charge >= 0.3 is 6.18 Å². The maximum atomic E-state index is 13.2. The maximum Gasteiger partial charge on any atom is 0.393 e. The zero-order valence-corrected chi connectivity index (χ0v) is 13.9. The van der Waals surface area contributed by atoms with Crippen molar-refractivity contribution in [2.75, 3.05) is 51.6 Å². The molecule has 2 atom stereocenters. The van der Waals surface area contributed by atoms with E-state index in [0.717, 1.165) is 0 Å². The number of rotatable bonds is 4. The van der Waals surface area contributed by atoms with Gasteiger partial charge in [0.05, 0.1) is 18.9 Å². The molecule has 1 fully saturated rings. The number of anilines is 2. The van der Waals surface area contributed by atoms with Crippen LogP contribution in [0.15, 0.2) is 6.33 Å². The van der Waals surface area contributed by atoms with Gasteiger partial charge in [0.2, 0.25) is 11.8 Å². The SMILES string of the molecule is COc1ncnc(N(C)C)c1NC(=O)[C@@H]1CN(C)C[C@H]1C(F)(F)F. The fourth-order valence-electron chi connectivity index (χ4n) is 2.78. The molecule has 10 heteroatoms. The summed E-state index contributed by atoms with van der Waals surface area (Å²) >= 11 is 0. The fourth-order valence-corrected chi connectivity index (χ4v) is 2.78. The Labute approximate surface area is 137 Å². The second kappa shape index (κ2) is 6.80. The van der Waals surface area contributed by atoms with Crippen molar-refractivity contribution < 1.29 is 22.7 Å². The van der Waals surface area contributed by atoms with Gasteiger partial charge in [-0.2, -0.15) is 18.2 Å². The molecule has 1 aliphatic rings. The second-order valence-corrected chi connectivity index (χ2v) is 5.94. The first-order valence-electron chi connectivity index (χ1n) is 7.27. The molecule has 1 N–H and O–H groups in total. The van der Waals surface area contributed by atoms with Crippen LogP contribution in [0, 0.1) is 11.8 Å². The van der Waals surface area contributed by atoms with Crippen molar-refractivity contribution in [3.05, 3.63) is 6.33 Å². The summed E-state index contributed by atoms with van der Waals surface area (Å²) in [5.41, 5.74) is 0.158. The molecule has 7 nitrogen and oxygen atoms in total. The van der Waals surface area contributed by atoms with Crippen molar-refractivity contribution in [1.82, 2.24) is 14.9 Å². The van der Waals surface area contributed by atoms with Crippen LogP contribution in [0.2, 0.25) is 0 Å². The molecule has 0 bridgehead atoms. The summed E-state index contributed by atoms with van der Waals surface area (Å²) in [6, 6.07) is 0. The summed E-state index contributed by atoms with van der Waals surface area (Å²) < 4.78 is 44.6. The van der Waals surface area contributed by atoms with E-state index in [1.54, 1.807) is 26.0 Å². The minimum atomic E-state index is -4.44. The number of alkyl halides is 3. The van der Waals surface area contributed by atoms with E-state index in [-0.39, 0.29) is 24.7 Å². The smallest absolute Gasteiger partial charge is 0.393 e. The molecule has 0 spiro atoms. The number of likely N-dealkylation sites (tertiary alicyclic amines) is 1. The van der Waals surface area contributed by atoms with Crippen LogP contribution in [0.3, 0.4) is 0 Å². The summed E-state index contributed by atoms with van der Waals surface area (Å²) in [4.78, 5) is 23.5. The molecule has 2 heterocycles. The molecule has 2 rings (SSSR count). The van der Waals surface area contributed by atoms with Gasteiger partial charge in [-0.25, -0.2) is 4.98 Å². The quantitative estimate of drug-likeness (QED) is 0.883. The highest BCUT2D eigenvalue weighted by Crippen LogP contribution is 2.38. The molecular formula is C14H20F3N5O2. The number of hydrogen-bond acceptors (Lipinski definition) is 6. The third-order valence-corrected chi connectivity index (χ3v) is 3.92. The van der Waals surface area contributed by atoms with E-state index in [1.807, 2.05) is 0 Å². The van der Waals surface area contributed by atoms with Crippen LogP contribution in [-0.4, -0.2) is 68.3 Å². The highest BCUT2D eigenvalue weighted by molar-refractivity contribution is 5.97. The van der Waals surface area contributed by atoms with E-state index in [1.165, 1.54) is 18.3 Å². The molecule has 24 heavy (non-hydrogen) atoms. The van der Waals surface area contributed by atoms with E-state index in [2.05, 4.69) is 15.3 Å². The Bertz CT molecular complexity index is 609. The number of ether oxygens (including phenoxy) is 1. The summed E-state index contributed by atoms with van der Waals surface area (Å²) in [7, 11) is 6.31. The Morgan fingerprint density at radius 3 is 2.58 bits per heavy atom. The number of hydrogen-bond donors (Lipinski definition) is 1. The molecule has 0 unspecified atom stereocenters. The van der Waals surface area contributed by atoms with Crippen LogP contribution in [-0.2, 0) is 4.79 Å². The van der Waals surface area contributed by atoms with Crippen molar-refractivity contribution in [1.29, 1.82) is 0 Å². The molecule has 1 aliphatic heterocycles. The van der Waals surface area contributed by atoms with Crippen LogP contribution in [0.5, 0.6) is 5.88 Å². The van der Waals surface area contributed by atoms with Gasteiger partial charge in [-0.3, -0.25) is 4.79 Å². The highest BCUT2D eigenvalue weighted by atomic mass is 19.4. The van der Waals surface area contributed by atoms with Gasteiger partial charge in [0.15, 0.2) is 5.82 Å². The van der Waals surface area contributed by atoms with Crippen LogP contribution in [0.25, 0.3) is 0 Å². The second-order valence-electron chi connectivity index (χ2n) is 5.94. The predicted molar refractivity (Wildman–Crippen MR) is 82.1 cm³/mol. The Hall–Kier alpha value is -2.10. The van der Waals surface area contributed by atoms with Gasteiger partial charge in [-0.1, -0.05) is 0 Å². The lowest BCUT2D eigenvalue weighted by Crippen LogP contribution is -2.37. The number of amides is 1. The number of carbonyl (C=O) groups is 1. The van der Waals surface area contributed by atoms with Gasteiger partial charge < -0.3 is 19.9 Å². The van der Waals surface area contributed by atoms with Crippen molar-refractivity contribution >= 4 is 17.4 Å². The van der Waals surface area contributed by atoms with Gasteiger partial charge in [0, 0.05) is 27.2 Å². The first-order valence-corrected chi connectivity index (χ1v) is 7.27. The minimum absolute atomic E-state index is 0.0311. The standard InChI is InChI=1S/C14H20F3N5O2/c1-21(2)11-10(13(24-4)19-7-18-11)20-12(23)8-5-22(3)6-9(8)14(15,16)17/h7-9H,5-6H2,1-4H3,(H,20,23)/t8-,9-/m1/s1. The number of nitrogens with zero attached hydrogens (tertiary/aromatic N) is 4. The third-order valence-electron chi connectivity index (χ3n) is 3.92. The third kappa shape index (κ3) is 3.69. The highest BCUT2D eigenvalue weighted by Gasteiger charge is 2.51. The molecule has 1 aromatic heterocycles. The average Bonchev–Trinajstić information content (AvgIpc) is 2.89. The van der Waals surface area contributed by atoms with Crippen LogP contribution >= 0.6 is 0 Å². The van der Waals surface area contributed by atoms with Gasteiger partial charge in [-0.05, 0) is 7.05 Å². The lowest BCUT2D eigenvalue weighted by molar-refractivity contribution is -0.182. The Morgan fingerprint density at radius 1 is 1.38 bits per heavy atom. The lowest BCUT2D eigenvalue weighted by Gasteiger charge is -2.22. The molecule has 134 valence electrons. The van der Waals surface area contributed by atoms with Gasteiger partial charge in [-0.15, -0.1) is 0 Å². The summed E-state index contributed by atoms with van der Waals surface area (Å²) in [6.07, 6.45) is -3.18. The summed E-state index contributed by atoms with van der Waals surface area (Å²) in [5, 5.41) is 2.52. The molecule has 1 saturated heterocycles. The largest absolute Gasteiger partial charge is 0.479 e. The van der Waals surface area contributed by atoms with Crippen molar-refractivity contribution in [2.24, 2.45) is 11.8 Å². The number of halogens is 3. The molecule has 1 amide bonds. The summed E-state index contributed by atoms with van der Waals surface area (Å²) in [6.45, 7) is -0.173. The number of aromatic nitrogens is 2. The zero-order chi connectivity index (χ0) is 18.1. The van der Waals surface area contributed by atoms with Crippen LogP contribution < -0.4 is 15.0 Å². The van der Waals surface area contributed by atoms with Crippen LogP contribution in [0.1, 0.15) is 0 Å². The fraction of sp³-hybridized carbons (Fsp3) is 0.643. The number of methoxy groups -OCH3 is 1. The van der Waals surface area contributed by atoms with E-state index < -0.39 is 23.9 Å². The van der Waals surface area contributed by atoms with Gasteiger partial charge in [0.25, 0.3) is 0 Å². The molecular weight excluding hydrogens is 327 g/mol. The van der Waals surface area contributed by atoms with Crippen molar-refractivity contribution in [3.63, 3.8) is 0 Å². The molecule has 0 aromatic carbocycles. The lowest BCUT2D eigenvalue weighted by atomic mass is 9.94. The number of carbonyl (C=O) groups excluding carboxylic acids is 1. The first kappa shape index (κ1) is 18.2. The maximum absolute atomic E-state index is 13.2. The van der Waals surface area contributed by atoms with E-state index in [4.69, 9.17) is 4.74 Å². The Balaban J connectivity index is 2.29. The van der Waals surface area contributed by atoms with E-state index in [9.17, 15) is 18.0 Å². The topological polar surface area (TPSA) is 70.6 Å². The number of nitrogens with one attached hydrogen (secondary N) is 1. The Morgan fingerprint density at radius 2 is 2.04 bits per heavy atom. The van der Waals surface area contributed by atoms with Crippen molar-refractivity contribution in [3.8, 4) is 5.88 Å². The molecule has 0 radical (unpaired) electrons. The minimum Gasteiger partial charge on any atom is -0.479 e. The van der Waals surface area contributed by atoms with E-state index >= 15 is 0 Å². The zero-order valence-electron chi connectivity index (χ0n) is 13.9.